The van der Waals surface area contributed by atoms with Crippen LogP contribution >= 0.6 is 11.6 Å². The van der Waals surface area contributed by atoms with E-state index >= 15 is 0 Å². The molecule has 0 aliphatic rings. The number of aldehydes is 1. The second-order valence-electron chi connectivity index (χ2n) is 3.83. The number of carbonyl (C=O) groups excluding carboxylic acids is 1. The molecule has 0 atom stereocenters. The van der Waals surface area contributed by atoms with Crippen molar-refractivity contribution in [3.63, 3.8) is 0 Å². The van der Waals surface area contributed by atoms with E-state index in [2.05, 4.69) is 15.1 Å². The molecule has 0 saturated heterocycles. The first-order chi connectivity index (χ1) is 8.93. The Hall–Kier alpha value is -1.89. The Labute approximate surface area is 112 Å². The first kappa shape index (κ1) is 13.5. The molecule has 0 amide bonds. The molecule has 2 aromatic heterocycles. The highest BCUT2D eigenvalue weighted by Crippen LogP contribution is 2.28. The summed E-state index contributed by atoms with van der Waals surface area (Å²) in [5.41, 5.74) is -0.347. The van der Waals surface area contributed by atoms with E-state index in [4.69, 9.17) is 11.6 Å². The van der Waals surface area contributed by atoms with E-state index in [9.17, 15) is 13.6 Å². The van der Waals surface area contributed by atoms with Gasteiger partial charge in [0, 0.05) is 11.8 Å². The van der Waals surface area contributed by atoms with Crippen LogP contribution in [0.2, 0.25) is 5.15 Å². The summed E-state index contributed by atoms with van der Waals surface area (Å²) in [6.07, 6.45) is -2.63. The summed E-state index contributed by atoms with van der Waals surface area (Å²) < 4.78 is 26.5. The van der Waals surface area contributed by atoms with Gasteiger partial charge in [-0.15, -0.1) is 0 Å². The third-order valence-electron chi connectivity index (χ3n) is 2.39. The molecule has 19 heavy (non-hydrogen) atoms. The maximum absolute atomic E-state index is 12.8. The lowest BCUT2D eigenvalue weighted by molar-refractivity contribution is 0.110. The molecular weight excluding hydrogens is 278 g/mol. The number of halogens is 3. The standard InChI is InChI=1S/C11H9ClF2N4O/c1-5-3-8(16-6(2)15-5)18-10(12)7(4-19)9(17-18)11(13)14/h3-4,11H,1-2H3. The van der Waals surface area contributed by atoms with Crippen LogP contribution < -0.4 is 0 Å². The maximum atomic E-state index is 12.8. The molecule has 0 radical (unpaired) electrons. The lowest BCUT2D eigenvalue weighted by Gasteiger charge is -2.04. The van der Waals surface area contributed by atoms with Gasteiger partial charge < -0.3 is 0 Å². The number of nitrogens with zero attached hydrogens (tertiary/aromatic N) is 4. The summed E-state index contributed by atoms with van der Waals surface area (Å²) in [7, 11) is 0. The average Bonchev–Trinajstić information content (AvgIpc) is 2.65. The zero-order valence-electron chi connectivity index (χ0n) is 10.1. The summed E-state index contributed by atoms with van der Waals surface area (Å²) >= 11 is 5.89. The minimum absolute atomic E-state index is 0.192. The van der Waals surface area contributed by atoms with Gasteiger partial charge in [0.25, 0.3) is 6.43 Å². The Morgan fingerprint density at radius 1 is 1.37 bits per heavy atom. The molecule has 0 aliphatic carbocycles. The Morgan fingerprint density at radius 3 is 2.53 bits per heavy atom. The molecule has 0 aromatic carbocycles. The molecule has 0 aliphatic heterocycles. The second kappa shape index (κ2) is 5.00. The zero-order chi connectivity index (χ0) is 14.2. The predicted octanol–water partition coefficient (Wildman–Crippen LogP) is 2.68. The van der Waals surface area contributed by atoms with Crippen molar-refractivity contribution in [2.45, 2.75) is 20.3 Å². The molecule has 2 heterocycles. The summed E-state index contributed by atoms with van der Waals surface area (Å²) in [5.74, 6) is 0.692. The molecule has 0 spiro atoms. The Morgan fingerprint density at radius 2 is 2.05 bits per heavy atom. The van der Waals surface area contributed by atoms with Gasteiger partial charge in [-0.25, -0.2) is 23.4 Å². The summed E-state index contributed by atoms with van der Waals surface area (Å²) in [5, 5.41) is 3.45. The molecule has 0 bridgehead atoms. The second-order valence-corrected chi connectivity index (χ2v) is 4.19. The minimum Gasteiger partial charge on any atom is -0.298 e. The molecule has 2 rings (SSSR count). The highest BCUT2D eigenvalue weighted by Gasteiger charge is 2.24. The predicted molar refractivity (Wildman–Crippen MR) is 64.0 cm³/mol. The number of aromatic nitrogens is 4. The highest BCUT2D eigenvalue weighted by molar-refractivity contribution is 6.32. The monoisotopic (exact) mass is 286 g/mol. The van der Waals surface area contributed by atoms with Crippen molar-refractivity contribution in [3.8, 4) is 5.82 Å². The van der Waals surface area contributed by atoms with Crippen molar-refractivity contribution in [3.05, 3.63) is 34.0 Å². The van der Waals surface area contributed by atoms with Crippen LogP contribution in [-0.4, -0.2) is 26.0 Å². The first-order valence-corrected chi connectivity index (χ1v) is 5.66. The topological polar surface area (TPSA) is 60.7 Å². The van der Waals surface area contributed by atoms with Gasteiger partial charge in [-0.05, 0) is 13.8 Å². The van der Waals surface area contributed by atoms with Crippen molar-refractivity contribution < 1.29 is 13.6 Å². The lowest BCUT2D eigenvalue weighted by Crippen LogP contribution is -2.04. The van der Waals surface area contributed by atoms with Crippen LogP contribution in [0.1, 0.15) is 34.0 Å². The van der Waals surface area contributed by atoms with Gasteiger partial charge in [0.05, 0.1) is 5.56 Å². The van der Waals surface area contributed by atoms with Crippen molar-refractivity contribution in [2.75, 3.05) is 0 Å². The van der Waals surface area contributed by atoms with E-state index in [-0.39, 0.29) is 22.8 Å². The Kier molecular flexibility index (Phi) is 3.57. The third-order valence-corrected chi connectivity index (χ3v) is 2.75. The molecule has 2 aromatic rings. The van der Waals surface area contributed by atoms with Crippen molar-refractivity contribution in [2.24, 2.45) is 0 Å². The zero-order valence-corrected chi connectivity index (χ0v) is 10.8. The van der Waals surface area contributed by atoms with Gasteiger partial charge in [0.1, 0.15) is 16.7 Å². The number of rotatable bonds is 3. The maximum Gasteiger partial charge on any atom is 0.282 e. The molecule has 8 heteroatoms. The first-order valence-electron chi connectivity index (χ1n) is 5.28. The van der Waals surface area contributed by atoms with Gasteiger partial charge in [-0.1, -0.05) is 11.6 Å². The van der Waals surface area contributed by atoms with E-state index in [0.29, 0.717) is 11.5 Å². The number of hydrogen-bond acceptors (Lipinski definition) is 4. The SMILES string of the molecule is Cc1cc(-n2nc(C(F)F)c(C=O)c2Cl)nc(C)n1. The normalized spacial score (nSPS) is 11.1. The van der Waals surface area contributed by atoms with Crippen molar-refractivity contribution >= 4 is 17.9 Å². The molecule has 100 valence electrons. The van der Waals surface area contributed by atoms with E-state index in [1.54, 1.807) is 13.8 Å². The van der Waals surface area contributed by atoms with E-state index in [1.165, 1.54) is 6.07 Å². The molecule has 0 fully saturated rings. The molecular formula is C11H9ClF2N4O. The molecule has 0 saturated carbocycles. The summed E-state index contributed by atoms with van der Waals surface area (Å²) in [6, 6.07) is 1.54. The van der Waals surface area contributed by atoms with E-state index < -0.39 is 12.1 Å². The van der Waals surface area contributed by atoms with E-state index in [1.807, 2.05) is 0 Å². The fraction of sp³-hybridized carbons (Fsp3) is 0.273. The van der Waals surface area contributed by atoms with Crippen LogP contribution in [0.25, 0.3) is 5.82 Å². The van der Waals surface area contributed by atoms with Gasteiger partial charge in [0.15, 0.2) is 12.1 Å². The quantitative estimate of drug-likeness (QED) is 0.814. The number of carbonyl (C=O) groups is 1. The van der Waals surface area contributed by atoms with Gasteiger partial charge in [-0.2, -0.15) is 5.10 Å². The summed E-state index contributed by atoms with van der Waals surface area (Å²) in [6.45, 7) is 3.38. The molecule has 5 nitrogen and oxygen atoms in total. The fourth-order valence-corrected chi connectivity index (χ4v) is 1.92. The van der Waals surface area contributed by atoms with Crippen molar-refractivity contribution in [1.29, 1.82) is 0 Å². The van der Waals surface area contributed by atoms with Crippen LogP contribution in [0.4, 0.5) is 8.78 Å². The molecule has 0 N–H and O–H groups in total. The highest BCUT2D eigenvalue weighted by atomic mass is 35.5. The largest absolute Gasteiger partial charge is 0.298 e. The molecule has 0 unspecified atom stereocenters. The van der Waals surface area contributed by atoms with Gasteiger partial charge in [0.2, 0.25) is 0 Å². The van der Waals surface area contributed by atoms with Crippen molar-refractivity contribution in [1.82, 2.24) is 19.7 Å². The van der Waals surface area contributed by atoms with Crippen LogP contribution in [0, 0.1) is 13.8 Å². The smallest absolute Gasteiger partial charge is 0.282 e. The number of aryl methyl sites for hydroxylation is 2. The number of alkyl halides is 2. The Balaban J connectivity index is 2.65. The van der Waals surface area contributed by atoms with Crippen LogP contribution in [-0.2, 0) is 0 Å². The summed E-state index contributed by atoms with van der Waals surface area (Å²) in [4.78, 5) is 18.9. The minimum atomic E-state index is -2.89. The van der Waals surface area contributed by atoms with Crippen LogP contribution in [0.15, 0.2) is 6.07 Å². The van der Waals surface area contributed by atoms with Gasteiger partial charge in [-0.3, -0.25) is 4.79 Å². The number of hydrogen-bond donors (Lipinski definition) is 0. The third kappa shape index (κ3) is 2.46. The van der Waals surface area contributed by atoms with Crippen LogP contribution in [0.3, 0.4) is 0 Å². The average molecular weight is 287 g/mol. The van der Waals surface area contributed by atoms with E-state index in [0.717, 1.165) is 4.68 Å². The van der Waals surface area contributed by atoms with Crippen LogP contribution in [0.5, 0.6) is 0 Å². The lowest BCUT2D eigenvalue weighted by atomic mass is 10.3. The van der Waals surface area contributed by atoms with Gasteiger partial charge >= 0.3 is 0 Å². The Bertz CT molecular complexity index is 622. The fourth-order valence-electron chi connectivity index (χ4n) is 1.65.